The van der Waals surface area contributed by atoms with Crippen LogP contribution in [-0.2, 0) is 6.54 Å². The Labute approximate surface area is 243 Å². The minimum absolute atomic E-state index is 0.137. The van der Waals surface area contributed by atoms with Crippen molar-refractivity contribution in [1.82, 2.24) is 19.7 Å². The van der Waals surface area contributed by atoms with Gasteiger partial charge in [0.15, 0.2) is 6.29 Å². The molecule has 1 saturated heterocycles. The number of nitrogens with one attached hydrogen (secondary N) is 2. The van der Waals surface area contributed by atoms with Gasteiger partial charge in [0.05, 0.1) is 0 Å². The second-order valence-electron chi connectivity index (χ2n) is 10.5. The predicted molar refractivity (Wildman–Crippen MR) is 164 cm³/mol. The van der Waals surface area contributed by atoms with Crippen molar-refractivity contribution in [2.24, 2.45) is 4.99 Å². The van der Waals surface area contributed by atoms with Crippen molar-refractivity contribution < 1.29 is 4.42 Å². The molecule has 2 aromatic heterocycles. The molecule has 2 aromatic carbocycles. The zero-order valence-electron chi connectivity index (χ0n) is 23.3. The smallest absolute Gasteiger partial charge is 0.260 e. The summed E-state index contributed by atoms with van der Waals surface area (Å²) in [6, 6.07) is 16.2. The third-order valence-electron chi connectivity index (χ3n) is 7.72. The Hall–Kier alpha value is -4.15. The topological polar surface area (TPSA) is 104 Å². The highest BCUT2D eigenvalue weighted by molar-refractivity contribution is 6.33. The molecule has 1 fully saturated rings. The highest BCUT2D eigenvalue weighted by Gasteiger charge is 2.22. The van der Waals surface area contributed by atoms with Gasteiger partial charge in [-0.15, -0.1) is 10.2 Å². The molecule has 0 bridgehead atoms. The molecule has 41 heavy (non-hydrogen) atoms. The summed E-state index contributed by atoms with van der Waals surface area (Å²) in [5, 5.41) is 14.9. The summed E-state index contributed by atoms with van der Waals surface area (Å²) in [4.78, 5) is 23.2. The number of nitrogens with zero attached hydrogens (tertiary/aromatic N) is 6. The van der Waals surface area contributed by atoms with Gasteiger partial charge in [-0.3, -0.25) is 14.3 Å². The first-order valence-electron chi connectivity index (χ1n) is 13.9. The highest BCUT2D eigenvalue weighted by atomic mass is 35.5. The van der Waals surface area contributed by atoms with Crippen molar-refractivity contribution in [3.05, 3.63) is 75.9 Å². The quantitative estimate of drug-likeness (QED) is 0.318. The summed E-state index contributed by atoms with van der Waals surface area (Å²) in [5.74, 6) is 1.08. The van der Waals surface area contributed by atoms with Crippen LogP contribution in [0.2, 0.25) is 5.02 Å². The van der Waals surface area contributed by atoms with Gasteiger partial charge in [0, 0.05) is 83.6 Å². The first-order chi connectivity index (χ1) is 19.9. The van der Waals surface area contributed by atoms with E-state index in [0.717, 1.165) is 37.4 Å². The Morgan fingerprint density at radius 1 is 1.07 bits per heavy atom. The molecule has 2 aliphatic rings. The molecule has 2 aliphatic heterocycles. The van der Waals surface area contributed by atoms with Gasteiger partial charge in [-0.1, -0.05) is 17.7 Å². The van der Waals surface area contributed by atoms with Gasteiger partial charge < -0.3 is 20.0 Å². The monoisotopic (exact) mass is 572 g/mol. The molecular weight excluding hydrogens is 540 g/mol. The lowest BCUT2D eigenvalue weighted by molar-refractivity contribution is 0.209. The van der Waals surface area contributed by atoms with E-state index < -0.39 is 6.29 Å². The van der Waals surface area contributed by atoms with Crippen molar-refractivity contribution in [2.75, 3.05) is 41.7 Å². The number of fused-ring (bicyclic) bond motifs is 1. The Balaban J connectivity index is 1.19. The molecule has 2 N–H and O–H groups in total. The summed E-state index contributed by atoms with van der Waals surface area (Å²) in [6.07, 6.45) is 2.64. The van der Waals surface area contributed by atoms with Crippen LogP contribution >= 0.6 is 11.6 Å². The van der Waals surface area contributed by atoms with E-state index >= 15 is 0 Å². The maximum atomic E-state index is 13.6. The van der Waals surface area contributed by atoms with Crippen LogP contribution in [0.25, 0.3) is 22.6 Å². The number of rotatable bonds is 7. The van der Waals surface area contributed by atoms with Crippen LogP contribution in [0.4, 0.5) is 17.2 Å². The number of anilines is 3. The SMILES string of the molecule is CCn1c2c(cc(-c3ccc(-c4nnco4)cc3Cl)c1=O)C=NC(Nc1ccc(N3CCN(C(C)C)CC3)cc1)N2. The van der Waals surface area contributed by atoms with Crippen LogP contribution in [0, 0.1) is 0 Å². The van der Waals surface area contributed by atoms with Crippen LogP contribution in [0.1, 0.15) is 26.3 Å². The van der Waals surface area contributed by atoms with E-state index in [2.05, 4.69) is 73.7 Å². The van der Waals surface area contributed by atoms with E-state index in [1.54, 1.807) is 22.9 Å². The van der Waals surface area contributed by atoms with Gasteiger partial charge in [-0.2, -0.15) is 0 Å². The number of halogens is 1. The summed E-state index contributed by atoms with van der Waals surface area (Å²) >= 11 is 6.62. The Bertz CT molecular complexity index is 1610. The number of benzene rings is 2. The number of aromatic nitrogens is 3. The summed E-state index contributed by atoms with van der Waals surface area (Å²) in [6.45, 7) is 11.2. The van der Waals surface area contributed by atoms with E-state index in [9.17, 15) is 4.79 Å². The van der Waals surface area contributed by atoms with Crippen LogP contribution < -0.4 is 21.1 Å². The summed E-state index contributed by atoms with van der Waals surface area (Å²) in [5.41, 5.74) is 4.66. The van der Waals surface area contributed by atoms with Gasteiger partial charge in [0.25, 0.3) is 5.56 Å². The zero-order valence-corrected chi connectivity index (χ0v) is 24.1. The fraction of sp³-hybridized carbons (Fsp3) is 0.333. The van der Waals surface area contributed by atoms with Crippen LogP contribution in [0.3, 0.4) is 0 Å². The second-order valence-corrected chi connectivity index (χ2v) is 10.9. The average molecular weight is 573 g/mol. The molecule has 6 rings (SSSR count). The number of piperazine rings is 1. The third kappa shape index (κ3) is 5.45. The minimum Gasteiger partial charge on any atom is -0.423 e. The molecule has 4 aromatic rings. The van der Waals surface area contributed by atoms with Crippen molar-refractivity contribution in [3.63, 3.8) is 0 Å². The van der Waals surface area contributed by atoms with Gasteiger partial charge in [0.2, 0.25) is 12.3 Å². The first-order valence-corrected chi connectivity index (χ1v) is 14.3. The maximum absolute atomic E-state index is 13.6. The van der Waals surface area contributed by atoms with Gasteiger partial charge >= 0.3 is 0 Å². The predicted octanol–water partition coefficient (Wildman–Crippen LogP) is 5.01. The Kier molecular flexibility index (Phi) is 7.51. The fourth-order valence-corrected chi connectivity index (χ4v) is 5.71. The van der Waals surface area contributed by atoms with Gasteiger partial charge in [-0.25, -0.2) is 4.99 Å². The largest absolute Gasteiger partial charge is 0.423 e. The van der Waals surface area contributed by atoms with Gasteiger partial charge in [0.1, 0.15) is 5.82 Å². The molecule has 0 radical (unpaired) electrons. The molecule has 1 atom stereocenters. The molecule has 0 spiro atoms. The van der Waals surface area contributed by atoms with Crippen LogP contribution in [0.5, 0.6) is 0 Å². The maximum Gasteiger partial charge on any atom is 0.260 e. The molecule has 1 unspecified atom stereocenters. The molecular formula is C30H33ClN8O2. The number of pyridine rings is 1. The molecule has 4 heterocycles. The normalized spacial score (nSPS) is 17.0. The number of aliphatic imine (C=N–C) groups is 1. The van der Waals surface area contributed by atoms with E-state index in [1.807, 2.05) is 19.1 Å². The molecule has 0 saturated carbocycles. The first kappa shape index (κ1) is 27.0. The minimum atomic E-state index is -0.414. The zero-order chi connectivity index (χ0) is 28.5. The van der Waals surface area contributed by atoms with Crippen molar-refractivity contribution >= 4 is 35.0 Å². The lowest BCUT2D eigenvalue weighted by Crippen LogP contribution is -2.48. The number of hydrogen-bond donors (Lipinski definition) is 2. The third-order valence-corrected chi connectivity index (χ3v) is 8.03. The van der Waals surface area contributed by atoms with E-state index in [0.29, 0.717) is 46.0 Å². The highest BCUT2D eigenvalue weighted by Crippen LogP contribution is 2.32. The molecule has 11 heteroatoms. The number of hydrogen-bond acceptors (Lipinski definition) is 9. The summed E-state index contributed by atoms with van der Waals surface area (Å²) < 4.78 is 6.98. The molecule has 10 nitrogen and oxygen atoms in total. The lowest BCUT2D eigenvalue weighted by atomic mass is 10.0. The Morgan fingerprint density at radius 2 is 1.85 bits per heavy atom. The van der Waals surface area contributed by atoms with Crippen molar-refractivity contribution in [2.45, 2.75) is 39.6 Å². The molecule has 212 valence electrons. The van der Waals surface area contributed by atoms with E-state index in [1.165, 1.54) is 12.1 Å². The van der Waals surface area contributed by atoms with Gasteiger partial charge in [-0.05, 0) is 63.2 Å². The van der Waals surface area contributed by atoms with E-state index in [-0.39, 0.29) is 5.56 Å². The standard InChI is InChI=1S/C30H33ClN8O2/c1-4-39-27-21(15-25(29(39)40)24-10-5-20(16-26(24)31)28-36-33-18-41-28)17-32-30(35-27)34-22-6-8-23(9-7-22)38-13-11-37(12-14-38)19(2)3/h5-10,15-19,30,34-35H,4,11-14H2,1-3H3. The van der Waals surface area contributed by atoms with Crippen LogP contribution in [-0.4, -0.2) is 64.4 Å². The van der Waals surface area contributed by atoms with Crippen molar-refractivity contribution in [1.29, 1.82) is 0 Å². The fourth-order valence-electron chi connectivity index (χ4n) is 5.43. The summed E-state index contributed by atoms with van der Waals surface area (Å²) in [7, 11) is 0. The lowest BCUT2D eigenvalue weighted by Gasteiger charge is -2.38. The molecule has 0 amide bonds. The average Bonchev–Trinajstić information content (AvgIpc) is 3.53. The van der Waals surface area contributed by atoms with Crippen molar-refractivity contribution in [3.8, 4) is 22.6 Å². The Morgan fingerprint density at radius 3 is 2.51 bits per heavy atom. The molecule has 0 aliphatic carbocycles. The van der Waals surface area contributed by atoms with Crippen LogP contribution in [0.15, 0.2) is 69.1 Å². The van der Waals surface area contributed by atoms with E-state index in [4.69, 9.17) is 16.0 Å². The second kappa shape index (κ2) is 11.4.